The molecule has 98 valence electrons. The van der Waals surface area contributed by atoms with E-state index in [2.05, 4.69) is 4.90 Å². The average molecular weight is 276 g/mol. The first-order valence-corrected chi connectivity index (χ1v) is 6.55. The van der Waals surface area contributed by atoms with Gasteiger partial charge in [-0.3, -0.25) is 0 Å². The molecule has 0 radical (unpaired) electrons. The Bertz CT molecular complexity index is 628. The number of hydrogen-bond donors (Lipinski definition) is 2. The first-order valence-electron chi connectivity index (χ1n) is 6.18. The van der Waals surface area contributed by atoms with Gasteiger partial charge in [-0.15, -0.1) is 0 Å². The zero-order valence-corrected chi connectivity index (χ0v) is 11.1. The van der Waals surface area contributed by atoms with Gasteiger partial charge in [0.2, 0.25) is 0 Å². The second-order valence-electron chi connectivity index (χ2n) is 4.76. The second-order valence-corrected chi connectivity index (χ2v) is 5.17. The topological polar surface area (TPSA) is 43.7 Å². The molecule has 0 fully saturated rings. The predicted molar refractivity (Wildman–Crippen MR) is 76.0 cm³/mol. The standard InChI is InChI=1S/C15H14ClNO2/c16-14-8-13(19)3-4-15(14)17-6-5-10-7-12(18)2-1-11(10)9-17/h1-4,7-8,18-19H,5-6,9H2. The normalized spacial score (nSPS) is 14.3. The van der Waals surface area contributed by atoms with Crippen LogP contribution in [0.2, 0.25) is 5.02 Å². The fourth-order valence-corrected chi connectivity index (χ4v) is 2.79. The van der Waals surface area contributed by atoms with Gasteiger partial charge in [0.05, 0.1) is 10.7 Å². The van der Waals surface area contributed by atoms with Gasteiger partial charge in [0.15, 0.2) is 0 Å². The number of phenols is 2. The molecular weight excluding hydrogens is 262 g/mol. The molecule has 0 saturated heterocycles. The second kappa shape index (κ2) is 4.67. The Balaban J connectivity index is 1.91. The van der Waals surface area contributed by atoms with Crippen molar-refractivity contribution in [3.63, 3.8) is 0 Å². The van der Waals surface area contributed by atoms with E-state index >= 15 is 0 Å². The van der Waals surface area contributed by atoms with E-state index in [0.29, 0.717) is 10.8 Å². The average Bonchev–Trinajstić information content (AvgIpc) is 2.38. The molecule has 2 N–H and O–H groups in total. The fraction of sp³-hybridized carbons (Fsp3) is 0.200. The van der Waals surface area contributed by atoms with Crippen LogP contribution in [0.3, 0.4) is 0 Å². The molecule has 0 amide bonds. The highest BCUT2D eigenvalue weighted by atomic mass is 35.5. The van der Waals surface area contributed by atoms with Gasteiger partial charge in [-0.25, -0.2) is 0 Å². The van der Waals surface area contributed by atoms with Crippen molar-refractivity contribution in [2.24, 2.45) is 0 Å². The Morgan fingerprint density at radius 3 is 2.47 bits per heavy atom. The fourth-order valence-electron chi connectivity index (χ4n) is 2.50. The van der Waals surface area contributed by atoms with Crippen molar-refractivity contribution in [2.75, 3.05) is 11.4 Å². The summed E-state index contributed by atoms with van der Waals surface area (Å²) in [5.41, 5.74) is 3.32. The zero-order valence-electron chi connectivity index (χ0n) is 10.3. The van der Waals surface area contributed by atoms with Crippen molar-refractivity contribution in [3.05, 3.63) is 52.5 Å². The molecule has 0 spiro atoms. The van der Waals surface area contributed by atoms with Crippen LogP contribution >= 0.6 is 11.6 Å². The lowest BCUT2D eigenvalue weighted by Crippen LogP contribution is -2.30. The molecule has 3 nitrogen and oxygen atoms in total. The van der Waals surface area contributed by atoms with Gasteiger partial charge in [-0.2, -0.15) is 0 Å². The minimum absolute atomic E-state index is 0.177. The van der Waals surface area contributed by atoms with E-state index in [0.717, 1.165) is 25.2 Å². The summed E-state index contributed by atoms with van der Waals surface area (Å²) in [6.07, 6.45) is 0.876. The first-order chi connectivity index (χ1) is 9.13. The number of aromatic hydroxyl groups is 2. The maximum absolute atomic E-state index is 9.48. The minimum Gasteiger partial charge on any atom is -0.508 e. The van der Waals surface area contributed by atoms with Crippen LogP contribution in [0.1, 0.15) is 11.1 Å². The Hall–Kier alpha value is -1.87. The highest BCUT2D eigenvalue weighted by molar-refractivity contribution is 6.33. The lowest BCUT2D eigenvalue weighted by molar-refractivity contribution is 0.473. The third kappa shape index (κ3) is 2.34. The molecule has 3 rings (SSSR count). The molecule has 1 aliphatic rings. The number of anilines is 1. The maximum atomic E-state index is 9.48. The van der Waals surface area contributed by atoms with E-state index in [-0.39, 0.29) is 5.75 Å². The summed E-state index contributed by atoms with van der Waals surface area (Å²) in [5, 5.41) is 19.4. The summed E-state index contributed by atoms with van der Waals surface area (Å²) in [6, 6.07) is 10.5. The van der Waals surface area contributed by atoms with Crippen LogP contribution < -0.4 is 4.90 Å². The van der Waals surface area contributed by atoms with Crippen LogP contribution in [-0.4, -0.2) is 16.8 Å². The van der Waals surface area contributed by atoms with Crippen LogP contribution in [0, 0.1) is 0 Å². The van der Waals surface area contributed by atoms with E-state index in [1.807, 2.05) is 18.2 Å². The third-order valence-corrected chi connectivity index (χ3v) is 3.78. The first kappa shape index (κ1) is 12.2. The zero-order chi connectivity index (χ0) is 13.4. The Labute approximate surface area is 116 Å². The molecule has 0 aliphatic carbocycles. The van der Waals surface area contributed by atoms with Crippen molar-refractivity contribution in [1.29, 1.82) is 0 Å². The van der Waals surface area contributed by atoms with Gasteiger partial charge in [0.25, 0.3) is 0 Å². The van der Waals surface area contributed by atoms with Gasteiger partial charge < -0.3 is 15.1 Å². The van der Waals surface area contributed by atoms with Crippen molar-refractivity contribution in [2.45, 2.75) is 13.0 Å². The molecule has 0 aromatic heterocycles. The molecule has 1 heterocycles. The van der Waals surface area contributed by atoms with E-state index in [1.54, 1.807) is 18.2 Å². The van der Waals surface area contributed by atoms with Crippen molar-refractivity contribution in [3.8, 4) is 11.5 Å². The Kier molecular flexibility index (Phi) is 2.99. The number of nitrogens with zero attached hydrogens (tertiary/aromatic N) is 1. The number of phenolic OH excluding ortho intramolecular Hbond substituents is 2. The molecule has 0 bridgehead atoms. The van der Waals surface area contributed by atoms with E-state index < -0.39 is 0 Å². The highest BCUT2D eigenvalue weighted by Gasteiger charge is 2.18. The third-order valence-electron chi connectivity index (χ3n) is 3.47. The van der Waals surface area contributed by atoms with E-state index in [1.165, 1.54) is 11.1 Å². The van der Waals surface area contributed by atoms with Crippen LogP contribution in [0.5, 0.6) is 11.5 Å². The van der Waals surface area contributed by atoms with Gasteiger partial charge in [0.1, 0.15) is 11.5 Å². The van der Waals surface area contributed by atoms with E-state index in [9.17, 15) is 10.2 Å². The molecule has 4 heteroatoms. The van der Waals surface area contributed by atoms with Crippen molar-refractivity contribution < 1.29 is 10.2 Å². The summed E-state index contributed by atoms with van der Waals surface area (Å²) in [5.74, 6) is 0.492. The summed E-state index contributed by atoms with van der Waals surface area (Å²) in [6.45, 7) is 1.61. The van der Waals surface area contributed by atoms with Crippen molar-refractivity contribution in [1.82, 2.24) is 0 Å². The van der Waals surface area contributed by atoms with Crippen LogP contribution in [0.25, 0.3) is 0 Å². The number of halogens is 1. The number of fused-ring (bicyclic) bond motifs is 1. The summed E-state index contributed by atoms with van der Waals surface area (Å²) >= 11 is 6.17. The molecule has 0 atom stereocenters. The summed E-state index contributed by atoms with van der Waals surface area (Å²) < 4.78 is 0. The van der Waals surface area contributed by atoms with Gasteiger partial charge in [-0.05, 0) is 41.8 Å². The monoisotopic (exact) mass is 275 g/mol. The Morgan fingerprint density at radius 1 is 0.947 bits per heavy atom. The Morgan fingerprint density at radius 2 is 1.68 bits per heavy atom. The quantitative estimate of drug-likeness (QED) is 0.839. The SMILES string of the molecule is Oc1ccc(N2CCc3cc(O)ccc3C2)c(Cl)c1. The lowest BCUT2D eigenvalue weighted by Gasteiger charge is -2.31. The number of hydrogen-bond acceptors (Lipinski definition) is 3. The minimum atomic E-state index is 0.177. The molecule has 0 unspecified atom stereocenters. The van der Waals surface area contributed by atoms with E-state index in [4.69, 9.17) is 11.6 Å². The summed E-state index contributed by atoms with van der Waals surface area (Å²) in [4.78, 5) is 2.18. The van der Waals surface area contributed by atoms with Crippen LogP contribution in [0.4, 0.5) is 5.69 Å². The molecule has 1 aliphatic heterocycles. The van der Waals surface area contributed by atoms with Gasteiger partial charge in [-0.1, -0.05) is 17.7 Å². The predicted octanol–water partition coefficient (Wildman–Crippen LogP) is 3.31. The maximum Gasteiger partial charge on any atom is 0.117 e. The van der Waals surface area contributed by atoms with Crippen molar-refractivity contribution >= 4 is 17.3 Å². The molecule has 2 aromatic carbocycles. The highest BCUT2D eigenvalue weighted by Crippen LogP contribution is 2.33. The van der Waals surface area contributed by atoms with Gasteiger partial charge >= 0.3 is 0 Å². The summed E-state index contributed by atoms with van der Waals surface area (Å²) in [7, 11) is 0. The van der Waals surface area contributed by atoms with Gasteiger partial charge in [0, 0.05) is 19.2 Å². The molecule has 0 saturated carbocycles. The molecule has 2 aromatic rings. The number of rotatable bonds is 1. The van der Waals surface area contributed by atoms with Crippen LogP contribution in [-0.2, 0) is 13.0 Å². The smallest absolute Gasteiger partial charge is 0.117 e. The lowest BCUT2D eigenvalue weighted by atomic mass is 9.99. The van der Waals surface area contributed by atoms with Crippen LogP contribution in [0.15, 0.2) is 36.4 Å². The molecule has 19 heavy (non-hydrogen) atoms. The largest absolute Gasteiger partial charge is 0.508 e. The number of benzene rings is 2. The molecular formula is C15H14ClNO2.